The Labute approximate surface area is 82.1 Å². The Morgan fingerprint density at radius 3 is 2.79 bits per heavy atom. The van der Waals surface area contributed by atoms with Crippen LogP contribution in [-0.4, -0.2) is 13.4 Å². The van der Waals surface area contributed by atoms with Crippen LogP contribution in [-0.2, 0) is 0 Å². The maximum Gasteiger partial charge on any atom is 0.150 e. The van der Waals surface area contributed by atoms with Crippen LogP contribution in [0.4, 0.5) is 0 Å². The van der Waals surface area contributed by atoms with Crippen molar-refractivity contribution < 1.29 is 9.53 Å². The Balaban J connectivity index is 2.76. The van der Waals surface area contributed by atoms with Gasteiger partial charge in [-0.2, -0.15) is 0 Å². The number of carbonyl (C=O) groups excluding carboxylic acids is 1. The van der Waals surface area contributed by atoms with Gasteiger partial charge in [0.25, 0.3) is 0 Å². The molecule has 14 heavy (non-hydrogen) atoms. The first-order valence-electron chi connectivity index (χ1n) is 4.37. The molecule has 2 aromatic carbocycles. The zero-order valence-electron chi connectivity index (χ0n) is 7.86. The van der Waals surface area contributed by atoms with Gasteiger partial charge in [-0.05, 0) is 17.5 Å². The largest absolute Gasteiger partial charge is 0.496 e. The van der Waals surface area contributed by atoms with Gasteiger partial charge in [0.15, 0.2) is 0 Å². The second kappa shape index (κ2) is 3.50. The highest BCUT2D eigenvalue weighted by Crippen LogP contribution is 2.25. The van der Waals surface area contributed by atoms with Crippen molar-refractivity contribution in [3.63, 3.8) is 0 Å². The highest BCUT2D eigenvalue weighted by Gasteiger charge is 2.00. The summed E-state index contributed by atoms with van der Waals surface area (Å²) in [6, 6.07) is 11.4. The van der Waals surface area contributed by atoms with E-state index in [2.05, 4.69) is 0 Å². The fourth-order valence-electron chi connectivity index (χ4n) is 1.51. The highest BCUT2D eigenvalue weighted by atomic mass is 16.5. The van der Waals surface area contributed by atoms with Crippen LogP contribution in [0.1, 0.15) is 10.4 Å². The van der Waals surface area contributed by atoms with Crippen molar-refractivity contribution >= 4 is 17.1 Å². The van der Waals surface area contributed by atoms with Crippen molar-refractivity contribution in [2.24, 2.45) is 0 Å². The minimum Gasteiger partial charge on any atom is -0.496 e. The molecule has 0 bridgehead atoms. The maximum atomic E-state index is 10.6. The van der Waals surface area contributed by atoms with E-state index in [0.717, 1.165) is 22.8 Å². The van der Waals surface area contributed by atoms with Crippen molar-refractivity contribution in [3.05, 3.63) is 42.0 Å². The van der Waals surface area contributed by atoms with Crippen LogP contribution >= 0.6 is 0 Å². The average Bonchev–Trinajstić information content (AvgIpc) is 2.27. The lowest BCUT2D eigenvalue weighted by atomic mass is 10.1. The fraction of sp³-hybridized carbons (Fsp3) is 0.0833. The quantitative estimate of drug-likeness (QED) is 0.674. The molecule has 0 aliphatic rings. The number of aldehydes is 1. The monoisotopic (exact) mass is 186 g/mol. The number of hydrogen-bond donors (Lipinski definition) is 0. The third kappa shape index (κ3) is 1.35. The van der Waals surface area contributed by atoms with E-state index in [1.165, 1.54) is 0 Å². The van der Waals surface area contributed by atoms with Crippen LogP contribution < -0.4 is 4.74 Å². The first-order chi connectivity index (χ1) is 6.85. The Hall–Kier alpha value is -1.83. The summed E-state index contributed by atoms with van der Waals surface area (Å²) in [5.74, 6) is 0.797. The Bertz CT molecular complexity index is 475. The predicted molar refractivity (Wildman–Crippen MR) is 55.9 cm³/mol. The lowest BCUT2D eigenvalue weighted by Gasteiger charge is -2.04. The second-order valence-electron chi connectivity index (χ2n) is 3.06. The Kier molecular flexibility index (Phi) is 2.19. The third-order valence-electron chi connectivity index (χ3n) is 2.22. The normalized spacial score (nSPS) is 10.1. The van der Waals surface area contributed by atoms with E-state index in [0.29, 0.717) is 5.56 Å². The van der Waals surface area contributed by atoms with Crippen molar-refractivity contribution in [1.82, 2.24) is 0 Å². The molecule has 2 aromatic rings. The maximum absolute atomic E-state index is 10.6. The van der Waals surface area contributed by atoms with Crippen molar-refractivity contribution in [1.29, 1.82) is 0 Å². The number of ether oxygens (including phenoxy) is 1. The van der Waals surface area contributed by atoms with Gasteiger partial charge in [0.2, 0.25) is 0 Å². The minimum absolute atomic E-state index is 0.669. The Morgan fingerprint density at radius 1 is 1.21 bits per heavy atom. The number of methoxy groups -OCH3 is 1. The van der Waals surface area contributed by atoms with Gasteiger partial charge in [0, 0.05) is 10.9 Å². The van der Waals surface area contributed by atoms with Gasteiger partial charge >= 0.3 is 0 Å². The highest BCUT2D eigenvalue weighted by molar-refractivity contribution is 5.92. The van der Waals surface area contributed by atoms with Gasteiger partial charge < -0.3 is 4.74 Å². The summed E-state index contributed by atoms with van der Waals surface area (Å²) in [7, 11) is 1.63. The van der Waals surface area contributed by atoms with E-state index in [-0.39, 0.29) is 0 Å². The number of fused-ring (bicyclic) bond motifs is 1. The average molecular weight is 186 g/mol. The topological polar surface area (TPSA) is 26.3 Å². The van der Waals surface area contributed by atoms with Crippen molar-refractivity contribution in [2.45, 2.75) is 0 Å². The Morgan fingerprint density at radius 2 is 2.07 bits per heavy atom. The lowest BCUT2D eigenvalue weighted by Crippen LogP contribution is -1.86. The van der Waals surface area contributed by atoms with Crippen LogP contribution in [0.3, 0.4) is 0 Å². The summed E-state index contributed by atoms with van der Waals surface area (Å²) < 4.78 is 5.21. The minimum atomic E-state index is 0.669. The van der Waals surface area contributed by atoms with Crippen LogP contribution in [0.15, 0.2) is 36.4 Å². The predicted octanol–water partition coefficient (Wildman–Crippen LogP) is 2.66. The molecule has 0 spiro atoms. The fourth-order valence-corrected chi connectivity index (χ4v) is 1.51. The van der Waals surface area contributed by atoms with E-state index in [1.807, 2.05) is 30.3 Å². The summed E-state index contributed by atoms with van der Waals surface area (Å²) in [6.07, 6.45) is 0.839. The summed E-state index contributed by atoms with van der Waals surface area (Å²) in [5.41, 5.74) is 0.669. The van der Waals surface area contributed by atoms with Gasteiger partial charge in [-0.3, -0.25) is 4.79 Å². The molecule has 0 N–H and O–H groups in total. The SMILES string of the molecule is COc1cccc2ccc(C=O)cc12. The van der Waals surface area contributed by atoms with Gasteiger partial charge in [-0.1, -0.05) is 24.3 Å². The summed E-state index contributed by atoms with van der Waals surface area (Å²) >= 11 is 0. The first-order valence-corrected chi connectivity index (χ1v) is 4.37. The number of carbonyl (C=O) groups is 1. The molecule has 0 saturated carbocycles. The molecule has 0 radical (unpaired) electrons. The summed E-state index contributed by atoms with van der Waals surface area (Å²) in [5, 5.41) is 2.05. The van der Waals surface area contributed by atoms with Crippen LogP contribution in [0.2, 0.25) is 0 Å². The smallest absolute Gasteiger partial charge is 0.150 e. The van der Waals surface area contributed by atoms with E-state index < -0.39 is 0 Å². The molecule has 0 unspecified atom stereocenters. The lowest BCUT2D eigenvalue weighted by molar-refractivity contribution is 0.112. The van der Waals surface area contributed by atoms with Gasteiger partial charge in [0.1, 0.15) is 12.0 Å². The van der Waals surface area contributed by atoms with Crippen LogP contribution in [0.5, 0.6) is 5.75 Å². The molecule has 0 saturated heterocycles. The number of rotatable bonds is 2. The first kappa shape index (κ1) is 8.75. The van der Waals surface area contributed by atoms with Crippen LogP contribution in [0.25, 0.3) is 10.8 Å². The van der Waals surface area contributed by atoms with Gasteiger partial charge in [0.05, 0.1) is 7.11 Å². The molecule has 2 rings (SSSR count). The number of benzene rings is 2. The van der Waals surface area contributed by atoms with E-state index in [4.69, 9.17) is 4.74 Å². The molecule has 0 amide bonds. The molecular weight excluding hydrogens is 176 g/mol. The molecule has 0 fully saturated rings. The molecule has 70 valence electrons. The number of hydrogen-bond acceptors (Lipinski definition) is 2. The molecule has 2 nitrogen and oxygen atoms in total. The third-order valence-corrected chi connectivity index (χ3v) is 2.22. The second-order valence-corrected chi connectivity index (χ2v) is 3.06. The zero-order valence-corrected chi connectivity index (χ0v) is 7.86. The van der Waals surface area contributed by atoms with E-state index >= 15 is 0 Å². The van der Waals surface area contributed by atoms with Crippen molar-refractivity contribution in [2.75, 3.05) is 7.11 Å². The summed E-state index contributed by atoms with van der Waals surface area (Å²) in [4.78, 5) is 10.6. The molecule has 0 atom stereocenters. The van der Waals surface area contributed by atoms with E-state index in [9.17, 15) is 4.79 Å². The van der Waals surface area contributed by atoms with Crippen molar-refractivity contribution in [3.8, 4) is 5.75 Å². The van der Waals surface area contributed by atoms with Crippen LogP contribution in [0, 0.1) is 0 Å². The molecule has 0 aliphatic heterocycles. The van der Waals surface area contributed by atoms with Gasteiger partial charge in [-0.15, -0.1) is 0 Å². The molecule has 2 heteroatoms. The van der Waals surface area contributed by atoms with Gasteiger partial charge in [-0.25, -0.2) is 0 Å². The summed E-state index contributed by atoms with van der Waals surface area (Å²) in [6.45, 7) is 0. The molecule has 0 heterocycles. The standard InChI is InChI=1S/C12H10O2/c1-14-12-4-2-3-10-6-5-9(8-13)7-11(10)12/h2-8H,1H3. The molecule has 0 aliphatic carbocycles. The molecular formula is C12H10O2. The molecule has 0 aromatic heterocycles. The van der Waals surface area contributed by atoms with E-state index in [1.54, 1.807) is 13.2 Å². The zero-order chi connectivity index (χ0) is 9.97.